The van der Waals surface area contributed by atoms with Crippen molar-refractivity contribution in [1.82, 2.24) is 14.5 Å². The number of hydrogen-bond donors (Lipinski definition) is 3. The van der Waals surface area contributed by atoms with Gasteiger partial charge in [-0.1, -0.05) is 6.07 Å². The molecule has 0 saturated carbocycles. The van der Waals surface area contributed by atoms with E-state index in [1.807, 2.05) is 38.5 Å². The van der Waals surface area contributed by atoms with E-state index in [0.29, 0.717) is 17.2 Å². The lowest BCUT2D eigenvalue weighted by Gasteiger charge is -2.10. The minimum Gasteiger partial charge on any atom is -0.506 e. The fourth-order valence-corrected chi connectivity index (χ4v) is 2.56. The largest absolute Gasteiger partial charge is 0.506 e. The molecular formula is C18H22N6O. The van der Waals surface area contributed by atoms with Gasteiger partial charge in [0.1, 0.15) is 17.2 Å². The predicted molar refractivity (Wildman–Crippen MR) is 102 cm³/mol. The zero-order valence-corrected chi connectivity index (χ0v) is 14.4. The summed E-state index contributed by atoms with van der Waals surface area (Å²) >= 11 is 0. The Hall–Kier alpha value is -2.93. The van der Waals surface area contributed by atoms with Gasteiger partial charge in [-0.2, -0.15) is 0 Å². The van der Waals surface area contributed by atoms with E-state index in [2.05, 4.69) is 20.3 Å². The molecule has 0 spiro atoms. The van der Waals surface area contributed by atoms with Gasteiger partial charge >= 0.3 is 0 Å². The van der Waals surface area contributed by atoms with E-state index in [4.69, 9.17) is 5.41 Å². The molecule has 0 unspecified atom stereocenters. The van der Waals surface area contributed by atoms with Gasteiger partial charge < -0.3 is 20.7 Å². The molecule has 3 N–H and O–H groups in total. The molecule has 2 aromatic heterocycles. The van der Waals surface area contributed by atoms with Crippen LogP contribution < -0.4 is 5.32 Å². The molecule has 0 aromatic carbocycles. The van der Waals surface area contributed by atoms with Crippen molar-refractivity contribution in [2.24, 2.45) is 4.99 Å². The molecular weight excluding hydrogens is 316 g/mol. The minimum atomic E-state index is -0.0126. The monoisotopic (exact) mass is 338 g/mol. The maximum atomic E-state index is 10.1. The van der Waals surface area contributed by atoms with Gasteiger partial charge in [-0.05, 0) is 51.3 Å². The molecule has 0 saturated heterocycles. The summed E-state index contributed by atoms with van der Waals surface area (Å²) in [6, 6.07) is 5.78. The van der Waals surface area contributed by atoms with Gasteiger partial charge in [0.2, 0.25) is 0 Å². The molecule has 0 bridgehead atoms. The first kappa shape index (κ1) is 16.9. The van der Waals surface area contributed by atoms with Crippen molar-refractivity contribution in [3.8, 4) is 0 Å². The minimum absolute atomic E-state index is 0.0126. The highest BCUT2D eigenvalue weighted by Crippen LogP contribution is 2.30. The van der Waals surface area contributed by atoms with Crippen LogP contribution in [0, 0.1) is 5.41 Å². The quantitative estimate of drug-likeness (QED) is 0.558. The number of aromatic nitrogens is 2. The predicted octanol–water partition coefficient (Wildman–Crippen LogP) is 2.80. The summed E-state index contributed by atoms with van der Waals surface area (Å²) < 4.78 is 1.77. The number of fused-ring (bicyclic) bond motifs is 1. The van der Waals surface area contributed by atoms with Crippen LogP contribution in [0.4, 0.5) is 11.5 Å². The van der Waals surface area contributed by atoms with E-state index in [1.165, 1.54) is 6.08 Å². The number of aliphatic hydroxyl groups excluding tert-OH is 1. The van der Waals surface area contributed by atoms with Crippen molar-refractivity contribution in [2.45, 2.75) is 6.42 Å². The SMILES string of the molecule is CN(C)CCCNc1nn2ccccc2c1/N=C1\C=CC(=N)C=C1O. The summed E-state index contributed by atoms with van der Waals surface area (Å²) in [6.07, 6.45) is 7.48. The summed E-state index contributed by atoms with van der Waals surface area (Å²) in [5.74, 6) is 0.667. The molecule has 2 aromatic rings. The third-order valence-electron chi connectivity index (χ3n) is 3.80. The Bertz CT molecular complexity index is 875. The molecule has 1 aliphatic rings. The number of hydrogen-bond acceptors (Lipinski definition) is 6. The second-order valence-corrected chi connectivity index (χ2v) is 6.13. The maximum Gasteiger partial charge on any atom is 0.175 e. The van der Waals surface area contributed by atoms with E-state index in [-0.39, 0.29) is 11.5 Å². The first-order valence-corrected chi connectivity index (χ1v) is 8.17. The topological polar surface area (TPSA) is 89.0 Å². The van der Waals surface area contributed by atoms with Crippen LogP contribution >= 0.6 is 0 Å². The first-order valence-electron chi connectivity index (χ1n) is 8.17. The molecule has 0 atom stereocenters. The van der Waals surface area contributed by atoms with Crippen molar-refractivity contribution < 1.29 is 5.11 Å². The molecule has 0 radical (unpaired) electrons. The Morgan fingerprint density at radius 1 is 1.32 bits per heavy atom. The smallest absolute Gasteiger partial charge is 0.175 e. The lowest BCUT2D eigenvalue weighted by atomic mass is 10.1. The van der Waals surface area contributed by atoms with Crippen molar-refractivity contribution >= 4 is 28.4 Å². The number of nitrogens with zero attached hydrogens (tertiary/aromatic N) is 4. The molecule has 1 aliphatic carbocycles. The Labute approximate surface area is 146 Å². The Morgan fingerprint density at radius 3 is 2.92 bits per heavy atom. The number of anilines is 1. The van der Waals surface area contributed by atoms with Crippen molar-refractivity contribution in [2.75, 3.05) is 32.5 Å². The lowest BCUT2D eigenvalue weighted by Crippen LogP contribution is -2.16. The van der Waals surface area contributed by atoms with Crippen LogP contribution in [0.15, 0.2) is 53.4 Å². The second-order valence-electron chi connectivity index (χ2n) is 6.13. The Balaban J connectivity index is 1.92. The summed E-state index contributed by atoms with van der Waals surface area (Å²) in [5.41, 5.74) is 2.20. The third-order valence-corrected chi connectivity index (χ3v) is 3.80. The van der Waals surface area contributed by atoms with Gasteiger partial charge in [0.05, 0.1) is 11.2 Å². The maximum absolute atomic E-state index is 10.1. The number of allylic oxidation sites excluding steroid dienone is 3. The van der Waals surface area contributed by atoms with E-state index >= 15 is 0 Å². The van der Waals surface area contributed by atoms with Gasteiger partial charge in [0, 0.05) is 18.8 Å². The molecule has 0 amide bonds. The fourth-order valence-electron chi connectivity index (χ4n) is 2.56. The van der Waals surface area contributed by atoms with Crippen LogP contribution in [0.3, 0.4) is 0 Å². The van der Waals surface area contributed by atoms with Crippen molar-refractivity contribution in [1.29, 1.82) is 5.41 Å². The third kappa shape index (κ3) is 3.95. The zero-order valence-electron chi connectivity index (χ0n) is 14.4. The molecule has 7 nitrogen and oxygen atoms in total. The molecule has 7 heteroatoms. The average molecular weight is 338 g/mol. The highest BCUT2D eigenvalue weighted by molar-refractivity contribution is 6.20. The van der Waals surface area contributed by atoms with Crippen molar-refractivity contribution in [3.05, 3.63) is 48.4 Å². The fraction of sp³-hybridized carbons (Fsp3) is 0.278. The molecule has 130 valence electrons. The van der Waals surface area contributed by atoms with Gasteiger partial charge in [-0.15, -0.1) is 5.10 Å². The van der Waals surface area contributed by atoms with E-state index in [9.17, 15) is 5.11 Å². The summed E-state index contributed by atoms with van der Waals surface area (Å²) in [7, 11) is 4.09. The van der Waals surface area contributed by atoms with Crippen LogP contribution in [-0.4, -0.2) is 58.2 Å². The summed E-state index contributed by atoms with van der Waals surface area (Å²) in [4.78, 5) is 6.73. The van der Waals surface area contributed by atoms with E-state index < -0.39 is 0 Å². The van der Waals surface area contributed by atoms with Gasteiger partial charge in [0.25, 0.3) is 0 Å². The Kier molecular flexibility index (Phi) is 4.95. The number of pyridine rings is 1. The zero-order chi connectivity index (χ0) is 17.8. The highest BCUT2D eigenvalue weighted by Gasteiger charge is 2.15. The van der Waals surface area contributed by atoms with Crippen LogP contribution in [-0.2, 0) is 0 Å². The molecule has 3 rings (SSSR count). The second kappa shape index (κ2) is 7.31. The van der Waals surface area contributed by atoms with E-state index in [1.54, 1.807) is 16.7 Å². The van der Waals surface area contributed by atoms with Crippen LogP contribution in [0.2, 0.25) is 0 Å². The number of rotatable bonds is 6. The Morgan fingerprint density at radius 2 is 2.16 bits per heavy atom. The van der Waals surface area contributed by atoms with Gasteiger partial charge in [0.15, 0.2) is 5.82 Å². The van der Waals surface area contributed by atoms with Crippen LogP contribution in [0.1, 0.15) is 6.42 Å². The molecule has 0 aliphatic heterocycles. The number of aliphatic hydroxyl groups is 1. The molecule has 0 fully saturated rings. The van der Waals surface area contributed by atoms with Gasteiger partial charge in [-0.25, -0.2) is 9.51 Å². The average Bonchev–Trinajstić information content (AvgIpc) is 2.92. The van der Waals surface area contributed by atoms with Gasteiger partial charge in [-0.3, -0.25) is 0 Å². The summed E-state index contributed by atoms with van der Waals surface area (Å²) in [6.45, 7) is 1.76. The number of nitrogens with one attached hydrogen (secondary N) is 2. The standard InChI is InChI=1S/C18H22N6O/c1-23(2)10-5-9-20-18-17(15-6-3-4-11-24(15)22-18)21-14-8-7-13(19)12-16(14)25/h3-4,6-8,11-12,19,25H,5,9-10H2,1-2H3,(H,20,22)/b19-13?,21-14+. The molecule has 25 heavy (non-hydrogen) atoms. The van der Waals surface area contributed by atoms with Crippen LogP contribution in [0.25, 0.3) is 5.52 Å². The van der Waals surface area contributed by atoms with Crippen LogP contribution in [0.5, 0.6) is 0 Å². The lowest BCUT2D eigenvalue weighted by molar-refractivity contribution is 0.405. The summed E-state index contributed by atoms with van der Waals surface area (Å²) in [5, 5.41) is 25.5. The highest BCUT2D eigenvalue weighted by atomic mass is 16.3. The van der Waals surface area contributed by atoms with E-state index in [0.717, 1.165) is 25.0 Å². The number of aliphatic imine (C=N–C) groups is 1. The van der Waals surface area contributed by atoms with Crippen molar-refractivity contribution in [3.63, 3.8) is 0 Å². The first-order chi connectivity index (χ1) is 12.0. The normalized spacial score (nSPS) is 16.0. The molecule has 2 heterocycles.